The minimum atomic E-state index is -0.334. The average molecular weight is 191 g/mol. The molecule has 0 aromatic rings. The summed E-state index contributed by atoms with van der Waals surface area (Å²) in [6, 6.07) is 0. The summed E-state index contributed by atoms with van der Waals surface area (Å²) in [5.41, 5.74) is 0. The van der Waals surface area contributed by atoms with Gasteiger partial charge >= 0.3 is 0 Å². The van der Waals surface area contributed by atoms with Gasteiger partial charge in [-0.2, -0.15) is 11.8 Å². The standard InChI is InChI=1S/C8H17NO2S/c1-7(11-2)8(10)9-5-4-6-12-3/h7H,4-6H2,1-3H3,(H,9,10). The second-order valence-corrected chi connectivity index (χ2v) is 3.50. The first-order valence-corrected chi connectivity index (χ1v) is 5.41. The number of carbonyl (C=O) groups excluding carboxylic acids is 1. The summed E-state index contributed by atoms with van der Waals surface area (Å²) in [7, 11) is 1.53. The van der Waals surface area contributed by atoms with E-state index in [-0.39, 0.29) is 12.0 Å². The van der Waals surface area contributed by atoms with Crippen molar-refractivity contribution >= 4 is 17.7 Å². The molecule has 1 unspecified atom stereocenters. The highest BCUT2D eigenvalue weighted by Crippen LogP contribution is 1.94. The molecule has 0 aliphatic carbocycles. The Hall–Kier alpha value is -0.220. The number of carbonyl (C=O) groups is 1. The average Bonchev–Trinajstić information content (AvgIpc) is 2.10. The van der Waals surface area contributed by atoms with Crippen LogP contribution in [-0.4, -0.2) is 37.7 Å². The molecule has 0 aromatic heterocycles. The lowest BCUT2D eigenvalue weighted by molar-refractivity contribution is -0.130. The maximum absolute atomic E-state index is 11.1. The van der Waals surface area contributed by atoms with Crippen molar-refractivity contribution in [3.63, 3.8) is 0 Å². The lowest BCUT2D eigenvalue weighted by Crippen LogP contribution is -2.34. The van der Waals surface area contributed by atoms with E-state index in [2.05, 4.69) is 11.6 Å². The Kier molecular flexibility index (Phi) is 7.29. The third-order valence-electron chi connectivity index (χ3n) is 1.55. The molecule has 0 fully saturated rings. The molecule has 72 valence electrons. The lowest BCUT2D eigenvalue weighted by atomic mass is 10.3. The second-order valence-electron chi connectivity index (χ2n) is 2.52. The lowest BCUT2D eigenvalue weighted by Gasteiger charge is -2.09. The van der Waals surface area contributed by atoms with E-state index in [1.807, 2.05) is 0 Å². The number of ether oxygens (including phenoxy) is 1. The molecule has 0 rings (SSSR count). The normalized spacial score (nSPS) is 12.6. The van der Waals surface area contributed by atoms with Gasteiger partial charge in [0.25, 0.3) is 0 Å². The van der Waals surface area contributed by atoms with Crippen molar-refractivity contribution in [1.82, 2.24) is 5.32 Å². The van der Waals surface area contributed by atoms with Gasteiger partial charge < -0.3 is 10.1 Å². The summed E-state index contributed by atoms with van der Waals surface area (Å²) < 4.78 is 4.85. The Balaban J connectivity index is 3.31. The summed E-state index contributed by atoms with van der Waals surface area (Å²) >= 11 is 1.78. The summed E-state index contributed by atoms with van der Waals surface area (Å²) in [4.78, 5) is 11.1. The van der Waals surface area contributed by atoms with Crippen LogP contribution in [0.25, 0.3) is 0 Å². The van der Waals surface area contributed by atoms with Gasteiger partial charge in [0.15, 0.2) is 0 Å². The van der Waals surface area contributed by atoms with Crippen molar-refractivity contribution in [1.29, 1.82) is 0 Å². The summed E-state index contributed by atoms with van der Waals surface area (Å²) in [6.45, 7) is 2.48. The van der Waals surface area contributed by atoms with Crippen molar-refractivity contribution in [2.24, 2.45) is 0 Å². The first-order valence-electron chi connectivity index (χ1n) is 4.01. The van der Waals surface area contributed by atoms with E-state index in [0.717, 1.165) is 18.7 Å². The monoisotopic (exact) mass is 191 g/mol. The van der Waals surface area contributed by atoms with Crippen LogP contribution >= 0.6 is 11.8 Å². The maximum atomic E-state index is 11.1. The van der Waals surface area contributed by atoms with Gasteiger partial charge in [0.05, 0.1) is 0 Å². The number of hydrogen-bond acceptors (Lipinski definition) is 3. The van der Waals surface area contributed by atoms with Crippen molar-refractivity contribution < 1.29 is 9.53 Å². The van der Waals surface area contributed by atoms with Crippen LogP contribution in [0.15, 0.2) is 0 Å². The zero-order valence-corrected chi connectivity index (χ0v) is 8.74. The van der Waals surface area contributed by atoms with E-state index in [0.29, 0.717) is 0 Å². The highest BCUT2D eigenvalue weighted by molar-refractivity contribution is 7.98. The number of nitrogens with one attached hydrogen (secondary N) is 1. The highest BCUT2D eigenvalue weighted by Gasteiger charge is 2.09. The van der Waals surface area contributed by atoms with Crippen LogP contribution < -0.4 is 5.32 Å². The molecular weight excluding hydrogens is 174 g/mol. The minimum absolute atomic E-state index is 0.0291. The van der Waals surface area contributed by atoms with Crippen LogP contribution in [0, 0.1) is 0 Å². The van der Waals surface area contributed by atoms with Crippen molar-refractivity contribution in [2.45, 2.75) is 19.4 Å². The van der Waals surface area contributed by atoms with Crippen LogP contribution in [0.5, 0.6) is 0 Å². The third kappa shape index (κ3) is 5.43. The van der Waals surface area contributed by atoms with E-state index in [1.165, 1.54) is 7.11 Å². The SMILES string of the molecule is COC(C)C(=O)NCCCSC. The molecule has 0 saturated carbocycles. The van der Waals surface area contributed by atoms with Gasteiger partial charge in [-0.3, -0.25) is 4.79 Å². The first-order chi connectivity index (χ1) is 5.72. The predicted octanol–water partition coefficient (Wildman–Crippen LogP) is 0.891. The Labute approximate surface area is 78.2 Å². The summed E-state index contributed by atoms with van der Waals surface area (Å²) in [5, 5.41) is 2.79. The molecule has 0 aromatic carbocycles. The zero-order chi connectivity index (χ0) is 9.40. The third-order valence-corrected chi connectivity index (χ3v) is 2.24. The van der Waals surface area contributed by atoms with E-state index in [1.54, 1.807) is 18.7 Å². The zero-order valence-electron chi connectivity index (χ0n) is 7.92. The van der Waals surface area contributed by atoms with Crippen LogP contribution in [0.2, 0.25) is 0 Å². The van der Waals surface area contributed by atoms with Gasteiger partial charge in [0.1, 0.15) is 6.10 Å². The molecule has 0 spiro atoms. The van der Waals surface area contributed by atoms with Gasteiger partial charge in [0.2, 0.25) is 5.91 Å². The second kappa shape index (κ2) is 7.43. The number of rotatable bonds is 6. The van der Waals surface area contributed by atoms with Gasteiger partial charge in [-0.05, 0) is 25.4 Å². The fraction of sp³-hybridized carbons (Fsp3) is 0.875. The van der Waals surface area contributed by atoms with Crippen LogP contribution in [0.1, 0.15) is 13.3 Å². The number of thioether (sulfide) groups is 1. The molecule has 0 radical (unpaired) electrons. The van der Waals surface area contributed by atoms with E-state index in [4.69, 9.17) is 4.74 Å². The molecule has 3 nitrogen and oxygen atoms in total. The summed E-state index contributed by atoms with van der Waals surface area (Å²) in [5.74, 6) is 1.06. The Morgan fingerprint density at radius 2 is 2.33 bits per heavy atom. The fourth-order valence-electron chi connectivity index (χ4n) is 0.679. The maximum Gasteiger partial charge on any atom is 0.248 e. The summed E-state index contributed by atoms with van der Waals surface area (Å²) in [6.07, 6.45) is 2.74. The molecule has 1 N–H and O–H groups in total. The molecule has 12 heavy (non-hydrogen) atoms. The van der Waals surface area contributed by atoms with E-state index >= 15 is 0 Å². The Morgan fingerprint density at radius 1 is 1.67 bits per heavy atom. The molecule has 4 heteroatoms. The van der Waals surface area contributed by atoms with Gasteiger partial charge in [-0.25, -0.2) is 0 Å². The van der Waals surface area contributed by atoms with Gasteiger partial charge in [0, 0.05) is 13.7 Å². The van der Waals surface area contributed by atoms with Gasteiger partial charge in [-0.15, -0.1) is 0 Å². The van der Waals surface area contributed by atoms with E-state index in [9.17, 15) is 4.79 Å². The van der Waals surface area contributed by atoms with Crippen LogP contribution in [0.4, 0.5) is 0 Å². The molecular formula is C8H17NO2S. The van der Waals surface area contributed by atoms with Gasteiger partial charge in [-0.1, -0.05) is 0 Å². The Bertz CT molecular complexity index is 130. The largest absolute Gasteiger partial charge is 0.372 e. The van der Waals surface area contributed by atoms with Crippen molar-refractivity contribution in [2.75, 3.05) is 25.7 Å². The van der Waals surface area contributed by atoms with E-state index < -0.39 is 0 Å². The number of methoxy groups -OCH3 is 1. The fourth-order valence-corrected chi connectivity index (χ4v) is 1.11. The molecule has 1 atom stereocenters. The molecule has 0 aliphatic heterocycles. The highest BCUT2D eigenvalue weighted by atomic mass is 32.2. The topological polar surface area (TPSA) is 38.3 Å². The van der Waals surface area contributed by atoms with Crippen LogP contribution in [0.3, 0.4) is 0 Å². The quantitative estimate of drug-likeness (QED) is 0.634. The Morgan fingerprint density at radius 3 is 2.83 bits per heavy atom. The van der Waals surface area contributed by atoms with Crippen LogP contribution in [-0.2, 0) is 9.53 Å². The molecule has 0 heterocycles. The van der Waals surface area contributed by atoms with Crippen molar-refractivity contribution in [3.8, 4) is 0 Å². The number of hydrogen-bond donors (Lipinski definition) is 1. The predicted molar refractivity (Wildman–Crippen MR) is 52.5 cm³/mol. The number of amides is 1. The minimum Gasteiger partial charge on any atom is -0.372 e. The molecule has 0 aliphatic rings. The molecule has 0 bridgehead atoms. The van der Waals surface area contributed by atoms with Crippen molar-refractivity contribution in [3.05, 3.63) is 0 Å². The molecule has 1 amide bonds. The smallest absolute Gasteiger partial charge is 0.248 e. The first kappa shape index (κ1) is 11.8. The molecule has 0 saturated heterocycles.